The molecule has 0 atom stereocenters. The molecule has 5 heteroatoms. The highest BCUT2D eigenvalue weighted by Crippen LogP contribution is 2.37. The molecular weight excluding hydrogens is 308 g/mol. The van der Waals surface area contributed by atoms with E-state index in [2.05, 4.69) is 21.2 Å². The number of aliphatic hydroxyl groups excluding tert-OH is 1. The van der Waals surface area contributed by atoms with Gasteiger partial charge in [-0.2, -0.15) is 0 Å². The summed E-state index contributed by atoms with van der Waals surface area (Å²) in [4.78, 5) is 12.2. The topological polar surface area (TPSA) is 75.4 Å². The first-order valence-corrected chi connectivity index (χ1v) is 7.30. The second-order valence-electron chi connectivity index (χ2n) is 5.26. The van der Waals surface area contributed by atoms with Crippen molar-refractivity contribution in [3.63, 3.8) is 0 Å². The minimum Gasteiger partial charge on any atom is -0.398 e. The van der Waals surface area contributed by atoms with Gasteiger partial charge in [-0.05, 0) is 40.9 Å². The Morgan fingerprint density at radius 1 is 1.42 bits per heavy atom. The maximum absolute atomic E-state index is 12.2. The Balaban J connectivity index is 2.03. The van der Waals surface area contributed by atoms with Crippen molar-refractivity contribution in [3.8, 4) is 0 Å². The highest BCUT2D eigenvalue weighted by molar-refractivity contribution is 9.10. The van der Waals surface area contributed by atoms with Crippen LogP contribution in [0.1, 0.15) is 36.0 Å². The molecule has 1 amide bonds. The van der Waals surface area contributed by atoms with Gasteiger partial charge in [0.05, 0.1) is 16.6 Å². The van der Waals surface area contributed by atoms with Crippen LogP contribution in [-0.4, -0.2) is 24.2 Å². The second kappa shape index (κ2) is 5.92. The van der Waals surface area contributed by atoms with E-state index >= 15 is 0 Å². The zero-order valence-electron chi connectivity index (χ0n) is 10.8. The fraction of sp³-hybridized carbons (Fsp3) is 0.500. The number of benzene rings is 1. The average Bonchev–Trinajstić information content (AvgIpc) is 2.89. The molecule has 104 valence electrons. The van der Waals surface area contributed by atoms with Crippen LogP contribution in [0.15, 0.2) is 22.7 Å². The van der Waals surface area contributed by atoms with Crippen molar-refractivity contribution in [2.75, 3.05) is 18.9 Å². The van der Waals surface area contributed by atoms with Gasteiger partial charge in [0.25, 0.3) is 5.91 Å². The molecule has 1 aromatic carbocycles. The van der Waals surface area contributed by atoms with Gasteiger partial charge >= 0.3 is 0 Å². The minimum atomic E-state index is -0.154. The van der Waals surface area contributed by atoms with Crippen LogP contribution in [0.3, 0.4) is 0 Å². The van der Waals surface area contributed by atoms with Crippen molar-refractivity contribution in [3.05, 3.63) is 28.2 Å². The molecule has 1 saturated carbocycles. The van der Waals surface area contributed by atoms with Crippen molar-refractivity contribution in [1.82, 2.24) is 5.32 Å². The zero-order valence-corrected chi connectivity index (χ0v) is 12.4. The number of nitrogen functional groups attached to an aromatic ring is 1. The molecule has 2 rings (SSSR count). The van der Waals surface area contributed by atoms with E-state index in [-0.39, 0.29) is 17.9 Å². The molecule has 0 aliphatic heterocycles. The van der Waals surface area contributed by atoms with Crippen LogP contribution < -0.4 is 11.1 Å². The lowest BCUT2D eigenvalue weighted by Crippen LogP contribution is -2.38. The van der Waals surface area contributed by atoms with Gasteiger partial charge in [-0.25, -0.2) is 0 Å². The van der Waals surface area contributed by atoms with E-state index in [9.17, 15) is 9.90 Å². The van der Waals surface area contributed by atoms with Crippen LogP contribution in [-0.2, 0) is 0 Å². The number of halogens is 1. The summed E-state index contributed by atoms with van der Waals surface area (Å²) in [5.74, 6) is -0.154. The molecule has 0 unspecified atom stereocenters. The molecule has 0 bridgehead atoms. The van der Waals surface area contributed by atoms with Crippen molar-refractivity contribution < 1.29 is 9.90 Å². The number of rotatable bonds is 4. The van der Waals surface area contributed by atoms with Crippen LogP contribution in [0.4, 0.5) is 5.69 Å². The average molecular weight is 327 g/mol. The SMILES string of the molecule is Nc1cccc(C(=O)NCC2(CO)CCCC2)c1Br. The third kappa shape index (κ3) is 3.09. The Morgan fingerprint density at radius 3 is 2.74 bits per heavy atom. The standard InChI is InChI=1S/C14H19BrN2O2/c15-12-10(4-3-5-11(12)16)13(19)17-8-14(9-18)6-1-2-7-14/h3-5,18H,1-2,6-9,16H2,(H,17,19). The number of hydrogen-bond acceptors (Lipinski definition) is 3. The third-order valence-corrected chi connectivity index (χ3v) is 4.78. The van der Waals surface area contributed by atoms with Crippen molar-refractivity contribution in [1.29, 1.82) is 0 Å². The first kappa shape index (κ1) is 14.3. The molecule has 0 saturated heterocycles. The van der Waals surface area contributed by atoms with E-state index in [1.807, 2.05) is 0 Å². The smallest absolute Gasteiger partial charge is 0.252 e. The number of hydrogen-bond donors (Lipinski definition) is 3. The molecule has 4 nitrogen and oxygen atoms in total. The first-order chi connectivity index (χ1) is 9.08. The van der Waals surface area contributed by atoms with Crippen LogP contribution >= 0.6 is 15.9 Å². The van der Waals surface area contributed by atoms with E-state index in [4.69, 9.17) is 5.73 Å². The van der Waals surface area contributed by atoms with Gasteiger partial charge in [-0.1, -0.05) is 18.9 Å². The summed E-state index contributed by atoms with van der Waals surface area (Å²) < 4.78 is 0.622. The van der Waals surface area contributed by atoms with Crippen LogP contribution in [0.2, 0.25) is 0 Å². The fourth-order valence-electron chi connectivity index (χ4n) is 2.60. The van der Waals surface area contributed by atoms with E-state index < -0.39 is 0 Å². The number of amides is 1. The van der Waals surface area contributed by atoms with Gasteiger partial charge in [0, 0.05) is 17.6 Å². The van der Waals surface area contributed by atoms with Crippen LogP contribution in [0.25, 0.3) is 0 Å². The van der Waals surface area contributed by atoms with E-state index in [0.29, 0.717) is 22.3 Å². The Bertz CT molecular complexity index is 471. The third-order valence-electron chi connectivity index (χ3n) is 3.90. The molecular formula is C14H19BrN2O2. The Labute approximate surface area is 121 Å². The van der Waals surface area contributed by atoms with E-state index in [1.54, 1.807) is 18.2 Å². The highest BCUT2D eigenvalue weighted by atomic mass is 79.9. The highest BCUT2D eigenvalue weighted by Gasteiger charge is 2.33. The Kier molecular flexibility index (Phi) is 4.47. The monoisotopic (exact) mass is 326 g/mol. The number of carbonyl (C=O) groups is 1. The van der Waals surface area contributed by atoms with Crippen molar-refractivity contribution >= 4 is 27.5 Å². The largest absolute Gasteiger partial charge is 0.398 e. The van der Waals surface area contributed by atoms with E-state index in [1.165, 1.54) is 0 Å². The summed E-state index contributed by atoms with van der Waals surface area (Å²) in [5, 5.41) is 12.4. The molecule has 0 spiro atoms. The van der Waals surface area contributed by atoms with Crippen LogP contribution in [0.5, 0.6) is 0 Å². The molecule has 0 aromatic heterocycles. The van der Waals surface area contributed by atoms with Gasteiger partial charge in [-0.15, -0.1) is 0 Å². The van der Waals surface area contributed by atoms with Crippen molar-refractivity contribution in [2.45, 2.75) is 25.7 Å². The van der Waals surface area contributed by atoms with Gasteiger partial charge in [0.1, 0.15) is 0 Å². The summed E-state index contributed by atoms with van der Waals surface area (Å²) in [6.45, 7) is 0.648. The Morgan fingerprint density at radius 2 is 2.11 bits per heavy atom. The normalized spacial score (nSPS) is 17.4. The second-order valence-corrected chi connectivity index (χ2v) is 6.05. The zero-order chi connectivity index (χ0) is 13.9. The molecule has 19 heavy (non-hydrogen) atoms. The maximum atomic E-state index is 12.2. The Hall–Kier alpha value is -1.07. The summed E-state index contributed by atoms with van der Waals surface area (Å²) >= 11 is 3.33. The predicted octanol–water partition coefficient (Wildman–Crippen LogP) is 2.31. The number of carbonyl (C=O) groups excluding carboxylic acids is 1. The minimum absolute atomic E-state index is 0.130. The maximum Gasteiger partial charge on any atom is 0.252 e. The molecule has 1 aromatic rings. The quantitative estimate of drug-likeness (QED) is 0.743. The summed E-state index contributed by atoms with van der Waals surface area (Å²) in [5.41, 5.74) is 6.71. The summed E-state index contributed by atoms with van der Waals surface area (Å²) in [7, 11) is 0. The molecule has 1 fully saturated rings. The molecule has 1 aliphatic carbocycles. The number of nitrogens with two attached hydrogens (primary N) is 1. The fourth-order valence-corrected chi connectivity index (χ4v) is 3.05. The predicted molar refractivity (Wildman–Crippen MR) is 78.9 cm³/mol. The number of aliphatic hydroxyl groups is 1. The number of nitrogens with one attached hydrogen (secondary N) is 1. The molecule has 1 aliphatic rings. The first-order valence-electron chi connectivity index (χ1n) is 6.51. The molecule has 0 heterocycles. The summed E-state index contributed by atoms with van der Waals surface area (Å²) in [6.07, 6.45) is 4.20. The summed E-state index contributed by atoms with van der Waals surface area (Å²) in [6, 6.07) is 5.23. The molecule has 4 N–H and O–H groups in total. The van der Waals surface area contributed by atoms with Gasteiger partial charge < -0.3 is 16.2 Å². The lowest BCUT2D eigenvalue weighted by molar-refractivity contribution is 0.0880. The van der Waals surface area contributed by atoms with Crippen molar-refractivity contribution in [2.24, 2.45) is 5.41 Å². The van der Waals surface area contributed by atoms with Gasteiger partial charge in [-0.3, -0.25) is 4.79 Å². The van der Waals surface area contributed by atoms with Gasteiger partial charge in [0.2, 0.25) is 0 Å². The van der Waals surface area contributed by atoms with E-state index in [0.717, 1.165) is 25.7 Å². The lowest BCUT2D eigenvalue weighted by Gasteiger charge is -2.26. The lowest BCUT2D eigenvalue weighted by atomic mass is 9.87. The van der Waals surface area contributed by atoms with Crippen LogP contribution in [0, 0.1) is 5.41 Å². The molecule has 0 radical (unpaired) electrons. The van der Waals surface area contributed by atoms with Gasteiger partial charge in [0.15, 0.2) is 0 Å². The number of anilines is 1.